The minimum atomic E-state index is -0.414. The number of nitrogens with one attached hydrogen (secondary N) is 2. The van der Waals surface area contributed by atoms with E-state index in [9.17, 15) is 9.59 Å². The molecular weight excluding hydrogens is 354 g/mol. The predicted octanol–water partition coefficient (Wildman–Crippen LogP) is 1.80. The van der Waals surface area contributed by atoms with E-state index in [0.29, 0.717) is 24.1 Å². The second kappa shape index (κ2) is 6.51. The number of aromatic amines is 1. The van der Waals surface area contributed by atoms with Crippen LogP contribution in [0.25, 0.3) is 0 Å². The average Bonchev–Trinajstić information content (AvgIpc) is 2.77. The molecule has 8 heteroatoms. The second-order valence-electron chi connectivity index (χ2n) is 3.81. The van der Waals surface area contributed by atoms with E-state index >= 15 is 0 Å². The highest BCUT2D eigenvalue weighted by Crippen LogP contribution is 2.20. The number of hydrogen-bond donors (Lipinski definition) is 2. The van der Waals surface area contributed by atoms with Gasteiger partial charge in [-0.3, -0.25) is 14.3 Å². The molecule has 0 amide bonds. The van der Waals surface area contributed by atoms with Gasteiger partial charge in [0, 0.05) is 30.7 Å². The number of hydrogen-bond acceptors (Lipinski definition) is 4. The lowest BCUT2D eigenvalue weighted by molar-refractivity contribution is 0.575. The van der Waals surface area contributed by atoms with E-state index in [0.717, 1.165) is 9.21 Å². The maximum Gasteiger partial charge on any atom is 0.328 e. The minimum absolute atomic E-state index is 0.345. The van der Waals surface area contributed by atoms with E-state index in [1.54, 1.807) is 0 Å². The normalized spacial score (nSPS) is 10.8. The summed E-state index contributed by atoms with van der Waals surface area (Å²) in [5.74, 6) is 0. The zero-order valence-corrected chi connectivity index (χ0v) is 12.9. The van der Waals surface area contributed by atoms with E-state index in [1.165, 1.54) is 22.1 Å². The molecule has 2 aromatic heterocycles. The van der Waals surface area contributed by atoms with Crippen LogP contribution in [0.3, 0.4) is 0 Å². The quantitative estimate of drug-likeness (QED) is 0.795. The van der Waals surface area contributed by atoms with Gasteiger partial charge in [0.2, 0.25) is 0 Å². The molecule has 0 aromatic carbocycles. The molecule has 0 fully saturated rings. The predicted molar refractivity (Wildman–Crippen MR) is 80.1 cm³/mol. The monoisotopic (exact) mass is 363 g/mol. The van der Waals surface area contributed by atoms with Gasteiger partial charge in [-0.15, -0.1) is 11.3 Å². The third-order valence-corrected chi connectivity index (χ3v) is 4.22. The smallest absolute Gasteiger partial charge is 0.310 e. The van der Waals surface area contributed by atoms with Crippen molar-refractivity contribution in [3.8, 4) is 0 Å². The van der Waals surface area contributed by atoms with Crippen molar-refractivity contribution < 1.29 is 0 Å². The average molecular weight is 365 g/mol. The summed E-state index contributed by atoms with van der Waals surface area (Å²) in [5.41, 5.74) is -0.823. The van der Waals surface area contributed by atoms with Crippen LogP contribution in [0.5, 0.6) is 0 Å². The fourth-order valence-electron chi connectivity index (χ4n) is 1.51. The van der Waals surface area contributed by atoms with Crippen molar-refractivity contribution >= 4 is 38.9 Å². The third-order valence-electron chi connectivity index (χ3n) is 2.42. The van der Waals surface area contributed by atoms with Gasteiger partial charge in [-0.1, -0.05) is 11.6 Å². The van der Waals surface area contributed by atoms with Gasteiger partial charge in [-0.05, 0) is 28.1 Å². The number of thiophene rings is 1. The molecule has 19 heavy (non-hydrogen) atoms. The van der Waals surface area contributed by atoms with Crippen LogP contribution in [-0.4, -0.2) is 16.1 Å². The molecule has 0 aliphatic heterocycles. The van der Waals surface area contributed by atoms with E-state index in [2.05, 4.69) is 26.2 Å². The summed E-state index contributed by atoms with van der Waals surface area (Å²) in [6, 6.07) is 3.82. The molecule has 102 valence electrons. The van der Waals surface area contributed by atoms with Gasteiger partial charge in [0.15, 0.2) is 0 Å². The Morgan fingerprint density at radius 2 is 2.21 bits per heavy atom. The zero-order valence-electron chi connectivity index (χ0n) is 9.78. The second-order valence-corrected chi connectivity index (χ2v) is 6.47. The van der Waals surface area contributed by atoms with Gasteiger partial charge in [0.05, 0.1) is 8.81 Å². The molecule has 0 spiro atoms. The Balaban J connectivity index is 1.88. The molecule has 2 heterocycles. The van der Waals surface area contributed by atoms with Crippen LogP contribution in [-0.2, 0) is 13.1 Å². The standard InChI is InChI=1S/C11H11BrClN3O2S/c12-8-6-16(11(18)15-10(8)17)4-3-14-5-7-1-2-9(13)19-7/h1-2,6,14H,3-5H2,(H,15,17,18). The molecule has 2 rings (SSSR count). The lowest BCUT2D eigenvalue weighted by Gasteiger charge is -2.06. The molecule has 0 aliphatic rings. The third kappa shape index (κ3) is 4.04. The summed E-state index contributed by atoms with van der Waals surface area (Å²) in [7, 11) is 0. The van der Waals surface area contributed by atoms with Crippen molar-refractivity contribution in [2.75, 3.05) is 6.54 Å². The Hall–Kier alpha value is -0.890. The van der Waals surface area contributed by atoms with Gasteiger partial charge >= 0.3 is 5.69 Å². The number of halogens is 2. The molecule has 2 aromatic rings. The molecule has 0 aliphatic carbocycles. The molecular formula is C11H11BrClN3O2S. The maximum absolute atomic E-state index is 11.5. The highest BCUT2D eigenvalue weighted by Gasteiger charge is 2.02. The Bertz CT molecular complexity index is 679. The summed E-state index contributed by atoms with van der Waals surface area (Å²) >= 11 is 10.4. The fraction of sp³-hybridized carbons (Fsp3) is 0.273. The molecule has 2 N–H and O–H groups in total. The first-order valence-corrected chi connectivity index (χ1v) is 7.49. The van der Waals surface area contributed by atoms with Gasteiger partial charge < -0.3 is 5.32 Å². The lowest BCUT2D eigenvalue weighted by Crippen LogP contribution is -2.32. The van der Waals surface area contributed by atoms with Crippen molar-refractivity contribution in [1.29, 1.82) is 0 Å². The first-order valence-electron chi connectivity index (χ1n) is 5.50. The summed E-state index contributed by atoms with van der Waals surface area (Å²) in [6.07, 6.45) is 1.49. The summed E-state index contributed by atoms with van der Waals surface area (Å²) in [6.45, 7) is 1.80. The van der Waals surface area contributed by atoms with Crippen molar-refractivity contribution in [1.82, 2.24) is 14.9 Å². The molecule has 0 unspecified atom stereocenters. The van der Waals surface area contributed by atoms with Crippen molar-refractivity contribution in [2.24, 2.45) is 0 Å². The zero-order chi connectivity index (χ0) is 13.8. The van der Waals surface area contributed by atoms with E-state index in [1.807, 2.05) is 12.1 Å². The molecule has 0 saturated heterocycles. The van der Waals surface area contributed by atoms with Crippen LogP contribution in [0, 0.1) is 0 Å². The maximum atomic E-state index is 11.5. The molecule has 0 saturated carbocycles. The summed E-state index contributed by atoms with van der Waals surface area (Å²) < 4.78 is 2.55. The molecule has 0 bridgehead atoms. The number of rotatable bonds is 5. The lowest BCUT2D eigenvalue weighted by atomic mass is 10.4. The molecule has 0 atom stereocenters. The van der Waals surface area contributed by atoms with Gasteiger partial charge in [0.1, 0.15) is 0 Å². The summed E-state index contributed by atoms with van der Waals surface area (Å²) in [4.78, 5) is 26.0. The van der Waals surface area contributed by atoms with Crippen LogP contribution in [0.2, 0.25) is 4.34 Å². The number of H-pyrrole nitrogens is 1. The van der Waals surface area contributed by atoms with Crippen LogP contribution in [0.15, 0.2) is 32.4 Å². The molecule has 0 radical (unpaired) electrons. The SMILES string of the molecule is O=c1[nH]c(=O)n(CCNCc2ccc(Cl)s2)cc1Br. The molecule has 5 nitrogen and oxygen atoms in total. The minimum Gasteiger partial charge on any atom is -0.310 e. The largest absolute Gasteiger partial charge is 0.328 e. The summed E-state index contributed by atoms with van der Waals surface area (Å²) in [5, 5.41) is 3.21. The van der Waals surface area contributed by atoms with E-state index in [4.69, 9.17) is 11.6 Å². The Kier molecular flexibility index (Phi) is 4.98. The Morgan fingerprint density at radius 3 is 2.89 bits per heavy atom. The number of aromatic nitrogens is 2. The first kappa shape index (κ1) is 14.5. The fourth-order valence-corrected chi connectivity index (χ4v) is 2.91. The van der Waals surface area contributed by atoms with Crippen molar-refractivity contribution in [3.63, 3.8) is 0 Å². The van der Waals surface area contributed by atoms with Crippen LogP contribution >= 0.6 is 38.9 Å². The van der Waals surface area contributed by atoms with Crippen LogP contribution in [0.1, 0.15) is 4.88 Å². The van der Waals surface area contributed by atoms with Gasteiger partial charge in [-0.25, -0.2) is 4.79 Å². The topological polar surface area (TPSA) is 66.9 Å². The Labute approximate surface area is 126 Å². The van der Waals surface area contributed by atoms with E-state index in [-0.39, 0.29) is 0 Å². The number of nitrogens with zero attached hydrogens (tertiary/aromatic N) is 1. The van der Waals surface area contributed by atoms with Crippen LogP contribution in [0.4, 0.5) is 0 Å². The Morgan fingerprint density at radius 1 is 1.42 bits per heavy atom. The van der Waals surface area contributed by atoms with Gasteiger partial charge in [-0.2, -0.15) is 0 Å². The van der Waals surface area contributed by atoms with Crippen LogP contribution < -0.4 is 16.6 Å². The van der Waals surface area contributed by atoms with Crippen molar-refractivity contribution in [3.05, 3.63) is 52.9 Å². The highest BCUT2D eigenvalue weighted by molar-refractivity contribution is 9.10. The van der Waals surface area contributed by atoms with E-state index < -0.39 is 11.2 Å². The van der Waals surface area contributed by atoms with Gasteiger partial charge in [0.25, 0.3) is 5.56 Å². The van der Waals surface area contributed by atoms with Crippen molar-refractivity contribution in [2.45, 2.75) is 13.1 Å². The first-order chi connectivity index (χ1) is 9.06. The highest BCUT2D eigenvalue weighted by atomic mass is 79.9.